The Balaban J connectivity index is 1.71. The van der Waals surface area contributed by atoms with Crippen molar-refractivity contribution in [2.45, 2.75) is 37.2 Å². The fourth-order valence-corrected chi connectivity index (χ4v) is 3.66. The van der Waals surface area contributed by atoms with Crippen LogP contribution >= 0.6 is 0 Å². The first kappa shape index (κ1) is 17.3. The highest BCUT2D eigenvalue weighted by Gasteiger charge is 2.17. The monoisotopic (exact) mass is 331 g/mol. The molecule has 0 radical (unpaired) electrons. The first-order valence-electron chi connectivity index (χ1n) is 7.44. The summed E-state index contributed by atoms with van der Waals surface area (Å²) in [5.74, 6) is -0.445. The topological polar surface area (TPSA) is 64.6 Å². The Bertz CT molecular complexity index is 585. The van der Waals surface area contributed by atoms with Crippen LogP contribution < -0.4 is 4.72 Å². The van der Waals surface area contributed by atoms with Crippen molar-refractivity contribution >= 4 is 10.0 Å². The van der Waals surface area contributed by atoms with Crippen LogP contribution in [0.4, 0.5) is 4.39 Å². The quantitative estimate of drug-likeness (QED) is 0.740. The van der Waals surface area contributed by atoms with E-state index in [2.05, 4.69) is 4.72 Å². The Morgan fingerprint density at radius 2 is 2.27 bits per heavy atom. The fourth-order valence-electron chi connectivity index (χ4n) is 2.36. The predicted octanol–water partition coefficient (Wildman–Crippen LogP) is 2.00. The van der Waals surface area contributed by atoms with Gasteiger partial charge in [-0.2, -0.15) is 0 Å². The van der Waals surface area contributed by atoms with Gasteiger partial charge in [0.1, 0.15) is 5.82 Å². The maximum absolute atomic E-state index is 13.0. The lowest BCUT2D eigenvalue weighted by atomic mass is 10.2. The van der Waals surface area contributed by atoms with E-state index in [1.807, 2.05) is 0 Å². The van der Waals surface area contributed by atoms with Crippen LogP contribution in [0.1, 0.15) is 24.8 Å². The molecule has 1 aliphatic heterocycles. The average Bonchev–Trinajstić information content (AvgIpc) is 2.95. The normalized spacial score (nSPS) is 18.7. The third kappa shape index (κ3) is 5.01. The van der Waals surface area contributed by atoms with Crippen molar-refractivity contribution in [3.05, 3.63) is 29.6 Å². The first-order chi connectivity index (χ1) is 10.5. The number of aryl methyl sites for hydroxylation is 1. The molecular weight excluding hydrogens is 309 g/mol. The van der Waals surface area contributed by atoms with Gasteiger partial charge in [-0.1, -0.05) is 0 Å². The second-order valence-corrected chi connectivity index (χ2v) is 7.11. The molecule has 124 valence electrons. The minimum Gasteiger partial charge on any atom is -0.379 e. The van der Waals surface area contributed by atoms with Crippen LogP contribution in [0.3, 0.4) is 0 Å². The summed E-state index contributed by atoms with van der Waals surface area (Å²) in [7, 11) is -3.61. The van der Waals surface area contributed by atoms with E-state index in [1.54, 1.807) is 6.92 Å². The minimum absolute atomic E-state index is 0.106. The molecule has 1 unspecified atom stereocenters. The summed E-state index contributed by atoms with van der Waals surface area (Å²) in [5.41, 5.74) is 0.391. The Labute approximate surface area is 130 Å². The van der Waals surface area contributed by atoms with E-state index in [0.29, 0.717) is 25.2 Å². The molecule has 1 heterocycles. The molecule has 0 spiro atoms. The van der Waals surface area contributed by atoms with Gasteiger partial charge in [-0.15, -0.1) is 0 Å². The Hall–Kier alpha value is -1.02. The van der Waals surface area contributed by atoms with Crippen LogP contribution in [-0.2, 0) is 19.5 Å². The van der Waals surface area contributed by atoms with Crippen LogP contribution in [0.25, 0.3) is 0 Å². The van der Waals surface area contributed by atoms with Crippen LogP contribution in [0.5, 0.6) is 0 Å². The number of nitrogens with one attached hydrogen (secondary N) is 1. The number of hydrogen-bond acceptors (Lipinski definition) is 4. The smallest absolute Gasteiger partial charge is 0.240 e. The maximum Gasteiger partial charge on any atom is 0.240 e. The molecule has 0 bridgehead atoms. The SMILES string of the molecule is Cc1cc(F)ccc1S(=O)(=O)NCCCOCC1CCCO1. The summed E-state index contributed by atoms with van der Waals surface area (Å²) in [4.78, 5) is 0.106. The molecule has 0 amide bonds. The van der Waals surface area contributed by atoms with Crippen LogP contribution in [0.2, 0.25) is 0 Å². The van der Waals surface area contributed by atoms with Gasteiger partial charge >= 0.3 is 0 Å². The number of halogens is 1. The highest BCUT2D eigenvalue weighted by molar-refractivity contribution is 7.89. The van der Waals surface area contributed by atoms with Crippen molar-refractivity contribution < 1.29 is 22.3 Å². The number of ether oxygens (including phenoxy) is 2. The van der Waals surface area contributed by atoms with E-state index in [1.165, 1.54) is 12.1 Å². The van der Waals surface area contributed by atoms with E-state index in [4.69, 9.17) is 9.47 Å². The predicted molar refractivity (Wildman–Crippen MR) is 80.7 cm³/mol. The number of rotatable bonds is 8. The van der Waals surface area contributed by atoms with Crippen molar-refractivity contribution in [2.75, 3.05) is 26.4 Å². The van der Waals surface area contributed by atoms with E-state index >= 15 is 0 Å². The fraction of sp³-hybridized carbons (Fsp3) is 0.600. The Morgan fingerprint density at radius 3 is 2.95 bits per heavy atom. The van der Waals surface area contributed by atoms with Crippen LogP contribution in [0.15, 0.2) is 23.1 Å². The van der Waals surface area contributed by atoms with Gasteiger partial charge in [0, 0.05) is 19.8 Å². The third-order valence-electron chi connectivity index (χ3n) is 3.51. The van der Waals surface area contributed by atoms with Gasteiger partial charge in [0.15, 0.2) is 0 Å². The molecule has 0 aromatic heterocycles. The third-order valence-corrected chi connectivity index (χ3v) is 5.13. The molecule has 1 aromatic carbocycles. The summed E-state index contributed by atoms with van der Waals surface area (Å²) in [5, 5.41) is 0. The van der Waals surface area contributed by atoms with E-state index in [-0.39, 0.29) is 17.5 Å². The summed E-state index contributed by atoms with van der Waals surface area (Å²) in [6, 6.07) is 3.63. The lowest BCUT2D eigenvalue weighted by Crippen LogP contribution is -2.26. The molecule has 0 saturated carbocycles. The molecule has 0 aliphatic carbocycles. The largest absolute Gasteiger partial charge is 0.379 e. The average molecular weight is 331 g/mol. The zero-order valence-corrected chi connectivity index (χ0v) is 13.5. The first-order valence-corrected chi connectivity index (χ1v) is 8.92. The van der Waals surface area contributed by atoms with E-state index < -0.39 is 15.8 Å². The van der Waals surface area contributed by atoms with Gasteiger partial charge in [0.2, 0.25) is 10.0 Å². The second-order valence-electron chi connectivity index (χ2n) is 5.37. The standard InChI is InChI=1S/C15H22FNO4S/c1-12-10-13(16)5-6-15(12)22(18,19)17-7-3-8-20-11-14-4-2-9-21-14/h5-6,10,14,17H,2-4,7-9,11H2,1H3. The van der Waals surface area contributed by atoms with E-state index in [0.717, 1.165) is 25.5 Å². The van der Waals surface area contributed by atoms with Crippen molar-refractivity contribution in [2.24, 2.45) is 0 Å². The number of sulfonamides is 1. The van der Waals surface area contributed by atoms with Gasteiger partial charge in [0.25, 0.3) is 0 Å². The summed E-state index contributed by atoms with van der Waals surface area (Å²) in [6.45, 7) is 3.69. The summed E-state index contributed by atoms with van der Waals surface area (Å²) < 4.78 is 50.6. The zero-order valence-electron chi connectivity index (χ0n) is 12.7. The molecule has 1 N–H and O–H groups in total. The molecule has 22 heavy (non-hydrogen) atoms. The molecule has 7 heteroatoms. The number of hydrogen-bond donors (Lipinski definition) is 1. The molecule has 1 atom stereocenters. The summed E-state index contributed by atoms with van der Waals surface area (Å²) >= 11 is 0. The molecule has 1 saturated heterocycles. The summed E-state index contributed by atoms with van der Waals surface area (Å²) in [6.07, 6.45) is 2.85. The van der Waals surface area contributed by atoms with Crippen LogP contribution in [0, 0.1) is 12.7 Å². The lowest BCUT2D eigenvalue weighted by Gasteiger charge is -2.11. The maximum atomic E-state index is 13.0. The van der Waals surface area contributed by atoms with Gasteiger partial charge in [-0.3, -0.25) is 0 Å². The second kappa shape index (κ2) is 8.01. The minimum atomic E-state index is -3.61. The lowest BCUT2D eigenvalue weighted by molar-refractivity contribution is 0.0169. The number of benzene rings is 1. The van der Waals surface area contributed by atoms with Crippen molar-refractivity contribution in [1.29, 1.82) is 0 Å². The molecule has 5 nitrogen and oxygen atoms in total. The van der Waals surface area contributed by atoms with Crippen LogP contribution in [-0.4, -0.2) is 40.9 Å². The van der Waals surface area contributed by atoms with Gasteiger partial charge in [0.05, 0.1) is 17.6 Å². The Kier molecular flexibility index (Phi) is 6.31. The van der Waals surface area contributed by atoms with Crippen molar-refractivity contribution in [3.8, 4) is 0 Å². The molecule has 1 aliphatic rings. The highest BCUT2D eigenvalue weighted by atomic mass is 32.2. The van der Waals surface area contributed by atoms with Gasteiger partial charge < -0.3 is 9.47 Å². The van der Waals surface area contributed by atoms with Crippen molar-refractivity contribution in [1.82, 2.24) is 4.72 Å². The molecular formula is C15H22FNO4S. The highest BCUT2D eigenvalue weighted by Crippen LogP contribution is 2.16. The Morgan fingerprint density at radius 1 is 1.45 bits per heavy atom. The molecule has 1 aromatic rings. The molecule has 2 rings (SSSR count). The molecule has 1 fully saturated rings. The van der Waals surface area contributed by atoms with Crippen molar-refractivity contribution in [3.63, 3.8) is 0 Å². The van der Waals surface area contributed by atoms with Gasteiger partial charge in [-0.05, 0) is 49.9 Å². The van der Waals surface area contributed by atoms with Gasteiger partial charge in [-0.25, -0.2) is 17.5 Å². The van der Waals surface area contributed by atoms with E-state index in [9.17, 15) is 12.8 Å². The zero-order chi connectivity index (χ0) is 16.0.